The van der Waals surface area contributed by atoms with E-state index in [4.69, 9.17) is 0 Å². The first-order valence-corrected chi connectivity index (χ1v) is 5.32. The predicted molar refractivity (Wildman–Crippen MR) is 49.1 cm³/mol. The van der Waals surface area contributed by atoms with Crippen molar-refractivity contribution in [1.82, 2.24) is 10.2 Å². The lowest BCUT2D eigenvalue weighted by Crippen LogP contribution is -2.49. The summed E-state index contributed by atoms with van der Waals surface area (Å²) in [4.78, 5) is 0.344. The van der Waals surface area contributed by atoms with Crippen molar-refractivity contribution in [2.75, 3.05) is 6.54 Å². The number of hydrogen-bond donors (Lipinski definition) is 2. The van der Waals surface area contributed by atoms with E-state index in [1.165, 1.54) is 0 Å². The fourth-order valence-electron chi connectivity index (χ4n) is 2.92. The lowest BCUT2D eigenvalue weighted by atomic mass is 9.76. The summed E-state index contributed by atoms with van der Waals surface area (Å²) < 4.78 is 4.53. The summed E-state index contributed by atoms with van der Waals surface area (Å²) in [5.41, 5.74) is -0.620. The van der Waals surface area contributed by atoms with Crippen molar-refractivity contribution in [3.8, 4) is 0 Å². The lowest BCUT2D eigenvalue weighted by molar-refractivity contribution is -0.808. The van der Waals surface area contributed by atoms with Gasteiger partial charge in [0.2, 0.25) is 5.69 Å². The first kappa shape index (κ1) is 10.0. The van der Waals surface area contributed by atoms with Crippen LogP contribution >= 0.6 is 0 Å². The zero-order chi connectivity index (χ0) is 11.5. The van der Waals surface area contributed by atoms with Crippen LogP contribution in [0.5, 0.6) is 0 Å². The Labute approximate surface area is 91.4 Å². The van der Waals surface area contributed by atoms with Crippen LogP contribution in [0, 0.1) is 11.1 Å². The SMILES string of the molecule is C[C@H]1CN(O)[C@@H]2CCc3c(no[n+]3[O-])[C@@]12O. The molecule has 0 amide bonds. The Balaban J connectivity index is 2.16. The van der Waals surface area contributed by atoms with E-state index >= 15 is 0 Å². The summed E-state index contributed by atoms with van der Waals surface area (Å²) in [7, 11) is 0. The molecule has 3 atom stereocenters. The minimum Gasteiger partial charge on any atom is -0.379 e. The van der Waals surface area contributed by atoms with Gasteiger partial charge in [-0.3, -0.25) is 4.63 Å². The maximum atomic E-state index is 11.3. The first-order chi connectivity index (χ1) is 7.55. The quantitative estimate of drug-likeness (QED) is 0.560. The van der Waals surface area contributed by atoms with Gasteiger partial charge in [0.05, 0.1) is 6.04 Å². The summed E-state index contributed by atoms with van der Waals surface area (Å²) in [6.45, 7) is 2.19. The Kier molecular flexibility index (Phi) is 1.84. The van der Waals surface area contributed by atoms with Crippen LogP contribution in [0.25, 0.3) is 0 Å². The summed E-state index contributed by atoms with van der Waals surface area (Å²) in [5.74, 6) is -0.188. The zero-order valence-electron chi connectivity index (χ0n) is 8.83. The highest BCUT2D eigenvalue weighted by molar-refractivity contribution is 5.25. The third kappa shape index (κ3) is 0.977. The molecule has 2 heterocycles. The van der Waals surface area contributed by atoms with Crippen LogP contribution in [0.3, 0.4) is 0 Å². The Hall–Kier alpha value is -1.18. The molecule has 2 N–H and O–H groups in total. The monoisotopic (exact) mass is 227 g/mol. The molecule has 1 aromatic rings. The average Bonchev–Trinajstić information content (AvgIpc) is 2.70. The summed E-state index contributed by atoms with van der Waals surface area (Å²) in [5, 5.41) is 36.4. The van der Waals surface area contributed by atoms with Crippen LogP contribution in [-0.4, -0.2) is 33.1 Å². The third-order valence-corrected chi connectivity index (χ3v) is 3.81. The van der Waals surface area contributed by atoms with Crippen LogP contribution in [0.1, 0.15) is 24.7 Å². The minimum atomic E-state index is -1.28. The molecule has 16 heavy (non-hydrogen) atoms. The van der Waals surface area contributed by atoms with Crippen LogP contribution in [0.2, 0.25) is 0 Å². The highest BCUT2D eigenvalue weighted by atomic mass is 16.8. The Morgan fingerprint density at radius 2 is 2.44 bits per heavy atom. The van der Waals surface area contributed by atoms with Crippen molar-refractivity contribution in [3.05, 3.63) is 16.6 Å². The number of aliphatic hydroxyl groups is 1. The second-order valence-corrected chi connectivity index (χ2v) is 4.63. The van der Waals surface area contributed by atoms with E-state index in [0.717, 1.165) is 5.06 Å². The molecular formula is C9H13N3O4. The molecule has 0 spiro atoms. The largest absolute Gasteiger partial charge is 0.379 e. The topological polar surface area (TPSA) is 96.7 Å². The van der Waals surface area contributed by atoms with E-state index in [2.05, 4.69) is 9.79 Å². The van der Waals surface area contributed by atoms with Gasteiger partial charge in [-0.05, 0) is 11.3 Å². The van der Waals surface area contributed by atoms with Gasteiger partial charge in [-0.1, -0.05) is 6.92 Å². The molecule has 88 valence electrons. The Morgan fingerprint density at radius 3 is 3.19 bits per heavy atom. The molecule has 7 nitrogen and oxygen atoms in total. The molecular weight excluding hydrogens is 214 g/mol. The van der Waals surface area contributed by atoms with Crippen molar-refractivity contribution >= 4 is 0 Å². The van der Waals surface area contributed by atoms with Gasteiger partial charge in [0, 0.05) is 24.0 Å². The Bertz CT molecular complexity index is 434. The molecule has 0 radical (unpaired) electrons. The number of fused-ring (bicyclic) bond motifs is 3. The molecule has 1 aliphatic carbocycles. The summed E-state index contributed by atoms with van der Waals surface area (Å²) in [6, 6.07) is -0.403. The first-order valence-electron chi connectivity index (χ1n) is 5.32. The predicted octanol–water partition coefficient (Wildman–Crippen LogP) is -0.849. The maximum absolute atomic E-state index is 11.3. The van der Waals surface area contributed by atoms with Crippen molar-refractivity contribution < 1.29 is 19.8 Å². The molecule has 1 fully saturated rings. The fraction of sp³-hybridized carbons (Fsp3) is 0.778. The normalized spacial score (nSPS) is 38.4. The van der Waals surface area contributed by atoms with Gasteiger partial charge in [0.1, 0.15) is 0 Å². The number of aromatic nitrogens is 2. The van der Waals surface area contributed by atoms with Crippen molar-refractivity contribution in [3.63, 3.8) is 0 Å². The molecule has 1 aromatic heterocycles. The molecule has 0 aromatic carbocycles. The van der Waals surface area contributed by atoms with E-state index in [9.17, 15) is 15.5 Å². The molecule has 1 saturated heterocycles. The molecule has 0 unspecified atom stereocenters. The second-order valence-electron chi connectivity index (χ2n) is 4.63. The molecule has 0 saturated carbocycles. The summed E-state index contributed by atoms with van der Waals surface area (Å²) >= 11 is 0. The molecule has 1 aliphatic heterocycles. The van der Waals surface area contributed by atoms with E-state index in [-0.39, 0.29) is 11.6 Å². The Morgan fingerprint density at radius 1 is 1.69 bits per heavy atom. The van der Waals surface area contributed by atoms with Crippen LogP contribution in [0.15, 0.2) is 4.63 Å². The van der Waals surface area contributed by atoms with E-state index < -0.39 is 11.6 Å². The van der Waals surface area contributed by atoms with Gasteiger partial charge in [0.15, 0.2) is 5.60 Å². The highest BCUT2D eigenvalue weighted by Crippen LogP contribution is 2.45. The van der Waals surface area contributed by atoms with Crippen molar-refractivity contribution in [2.45, 2.75) is 31.4 Å². The fourth-order valence-corrected chi connectivity index (χ4v) is 2.92. The number of nitrogens with zero attached hydrogens (tertiary/aromatic N) is 3. The van der Waals surface area contributed by atoms with Gasteiger partial charge >= 0.3 is 0 Å². The van der Waals surface area contributed by atoms with Crippen molar-refractivity contribution in [1.29, 1.82) is 0 Å². The van der Waals surface area contributed by atoms with Crippen molar-refractivity contribution in [2.24, 2.45) is 5.92 Å². The van der Waals surface area contributed by atoms with Crippen LogP contribution in [0.4, 0.5) is 0 Å². The van der Waals surface area contributed by atoms with Gasteiger partial charge in [-0.15, -0.1) is 0 Å². The second kappa shape index (κ2) is 2.93. The van der Waals surface area contributed by atoms with Gasteiger partial charge < -0.3 is 15.5 Å². The highest BCUT2D eigenvalue weighted by Gasteiger charge is 2.60. The van der Waals surface area contributed by atoms with Gasteiger partial charge in [-0.2, -0.15) is 5.06 Å². The molecule has 7 heteroatoms. The number of rotatable bonds is 0. The maximum Gasteiger partial charge on any atom is 0.254 e. The van der Waals surface area contributed by atoms with E-state index in [1.807, 2.05) is 6.92 Å². The average molecular weight is 227 g/mol. The molecule has 2 aliphatic rings. The zero-order valence-corrected chi connectivity index (χ0v) is 8.83. The minimum absolute atomic E-state index is 0.188. The van der Waals surface area contributed by atoms with E-state index in [0.29, 0.717) is 30.0 Å². The van der Waals surface area contributed by atoms with Crippen LogP contribution < -0.4 is 4.90 Å². The molecule has 0 bridgehead atoms. The number of hydrogen-bond acceptors (Lipinski definition) is 6. The molecule has 3 rings (SSSR count). The van der Waals surface area contributed by atoms with Crippen LogP contribution in [-0.2, 0) is 12.0 Å². The van der Waals surface area contributed by atoms with E-state index in [1.54, 1.807) is 0 Å². The number of hydroxylamine groups is 2. The lowest BCUT2D eigenvalue weighted by Gasteiger charge is -2.33. The smallest absolute Gasteiger partial charge is 0.254 e. The third-order valence-electron chi connectivity index (χ3n) is 3.81. The van der Waals surface area contributed by atoms with Gasteiger partial charge in [-0.25, -0.2) is 0 Å². The van der Waals surface area contributed by atoms with Gasteiger partial charge in [0.25, 0.3) is 5.69 Å². The summed E-state index contributed by atoms with van der Waals surface area (Å²) in [6.07, 6.45) is 0.979. The standard InChI is InChI=1S/C9H13N3O4/c1-5-4-11(14)7-3-2-6-8(9(5,7)13)10-16-12(6)15/h5,7,13-14H,2-4H2,1H3/t5-,7+,9+/m0/s1.